The first-order valence-corrected chi connectivity index (χ1v) is 7.17. The highest BCUT2D eigenvalue weighted by atomic mass is 16.5. The number of benzene rings is 1. The number of nitrogens with zero attached hydrogens (tertiary/aromatic N) is 5. The van der Waals surface area contributed by atoms with Crippen molar-refractivity contribution in [2.75, 3.05) is 0 Å². The molecular weight excluding hydrogens is 296 g/mol. The second-order valence-electron chi connectivity index (χ2n) is 4.91. The van der Waals surface area contributed by atoms with Crippen LogP contribution in [-0.2, 0) is 17.9 Å². The van der Waals surface area contributed by atoms with Crippen LogP contribution in [-0.4, -0.2) is 35.7 Å². The lowest BCUT2D eigenvalue weighted by Gasteiger charge is -2.05. The lowest BCUT2D eigenvalue weighted by Crippen LogP contribution is -2.14. The number of rotatable bonds is 5. The fourth-order valence-corrected chi connectivity index (χ4v) is 2.41. The third-order valence-electron chi connectivity index (χ3n) is 3.43. The molecule has 0 atom stereocenters. The zero-order valence-electron chi connectivity index (χ0n) is 12.5. The molecule has 0 radical (unpaired) electrons. The summed E-state index contributed by atoms with van der Waals surface area (Å²) >= 11 is 0. The number of carbonyl (C=O) groups is 1. The number of hydrogen-bond donors (Lipinski definition) is 2. The Bertz CT molecular complexity index is 864. The molecule has 118 valence electrons. The molecule has 0 aliphatic carbocycles. The highest BCUT2D eigenvalue weighted by molar-refractivity contribution is 5.90. The summed E-state index contributed by atoms with van der Waals surface area (Å²) in [6, 6.07) is 7.97. The number of amides is 1. The molecule has 0 saturated heterocycles. The van der Waals surface area contributed by atoms with Crippen molar-refractivity contribution >= 4 is 23.0 Å². The highest BCUT2D eigenvalue weighted by Crippen LogP contribution is 2.16. The molecule has 3 aromatic rings. The number of carbonyl (C=O) groups excluding carboxylic acids is 1. The summed E-state index contributed by atoms with van der Waals surface area (Å²) in [4.78, 5) is 15.6. The van der Waals surface area contributed by atoms with Crippen LogP contribution in [0.25, 0.3) is 17.1 Å². The Balaban J connectivity index is 1.84. The minimum atomic E-state index is -0.618. The number of fused-ring (bicyclic) bond motifs is 1. The minimum absolute atomic E-state index is 0.482. The summed E-state index contributed by atoms with van der Waals surface area (Å²) < 4.78 is 3.79. The van der Waals surface area contributed by atoms with E-state index >= 15 is 0 Å². The van der Waals surface area contributed by atoms with Gasteiger partial charge in [-0.2, -0.15) is 0 Å². The van der Waals surface area contributed by atoms with Gasteiger partial charge in [-0.05, 0) is 25.1 Å². The SMILES string of the molecule is CCn1c(Cn2cc(C=CC(=O)NO)nn2)nc2ccccc21. The van der Waals surface area contributed by atoms with Crippen molar-refractivity contribution in [2.24, 2.45) is 0 Å². The van der Waals surface area contributed by atoms with Crippen LogP contribution < -0.4 is 5.48 Å². The minimum Gasteiger partial charge on any atom is -0.327 e. The zero-order chi connectivity index (χ0) is 16.2. The first-order chi connectivity index (χ1) is 11.2. The van der Waals surface area contributed by atoms with Gasteiger partial charge in [-0.3, -0.25) is 10.0 Å². The Morgan fingerprint density at radius 3 is 3.00 bits per heavy atom. The Morgan fingerprint density at radius 1 is 1.39 bits per heavy atom. The maximum absolute atomic E-state index is 10.9. The van der Waals surface area contributed by atoms with Crippen LogP contribution >= 0.6 is 0 Å². The number of para-hydroxylation sites is 2. The van der Waals surface area contributed by atoms with E-state index in [4.69, 9.17) is 5.21 Å². The van der Waals surface area contributed by atoms with Gasteiger partial charge in [-0.1, -0.05) is 17.3 Å². The summed E-state index contributed by atoms with van der Waals surface area (Å²) in [5.74, 6) is 0.273. The van der Waals surface area contributed by atoms with Crippen LogP contribution in [0.3, 0.4) is 0 Å². The van der Waals surface area contributed by atoms with E-state index in [1.807, 2.05) is 24.3 Å². The van der Waals surface area contributed by atoms with Gasteiger partial charge in [0, 0.05) is 12.6 Å². The number of aromatic nitrogens is 5. The average molecular weight is 312 g/mol. The van der Waals surface area contributed by atoms with Crippen LogP contribution in [0.2, 0.25) is 0 Å². The summed E-state index contributed by atoms with van der Waals surface area (Å²) in [6.45, 7) is 3.37. The van der Waals surface area contributed by atoms with E-state index in [1.54, 1.807) is 10.9 Å². The highest BCUT2D eigenvalue weighted by Gasteiger charge is 2.10. The lowest BCUT2D eigenvalue weighted by molar-refractivity contribution is -0.124. The van der Waals surface area contributed by atoms with Crippen molar-refractivity contribution in [3.8, 4) is 0 Å². The van der Waals surface area contributed by atoms with Gasteiger partial charge in [0.1, 0.15) is 18.1 Å². The first-order valence-electron chi connectivity index (χ1n) is 7.17. The maximum atomic E-state index is 10.9. The molecule has 2 heterocycles. The predicted octanol–water partition coefficient (Wildman–Crippen LogP) is 1.21. The third kappa shape index (κ3) is 3.11. The van der Waals surface area contributed by atoms with Crippen LogP contribution in [0.4, 0.5) is 0 Å². The predicted molar refractivity (Wildman–Crippen MR) is 83.5 cm³/mol. The van der Waals surface area contributed by atoms with Crippen molar-refractivity contribution in [1.29, 1.82) is 0 Å². The third-order valence-corrected chi connectivity index (χ3v) is 3.43. The van der Waals surface area contributed by atoms with Crippen molar-refractivity contribution in [3.05, 3.63) is 48.1 Å². The van der Waals surface area contributed by atoms with E-state index in [0.29, 0.717) is 12.2 Å². The second-order valence-corrected chi connectivity index (χ2v) is 4.91. The molecule has 2 N–H and O–H groups in total. The summed E-state index contributed by atoms with van der Waals surface area (Å²) in [6.07, 6.45) is 4.36. The second kappa shape index (κ2) is 6.41. The van der Waals surface area contributed by atoms with Crippen LogP contribution in [0.5, 0.6) is 0 Å². The maximum Gasteiger partial charge on any atom is 0.267 e. The van der Waals surface area contributed by atoms with Crippen molar-refractivity contribution in [2.45, 2.75) is 20.0 Å². The van der Waals surface area contributed by atoms with Gasteiger partial charge in [0.2, 0.25) is 0 Å². The van der Waals surface area contributed by atoms with E-state index in [1.165, 1.54) is 17.6 Å². The van der Waals surface area contributed by atoms with E-state index in [2.05, 4.69) is 26.8 Å². The molecule has 8 heteroatoms. The van der Waals surface area contributed by atoms with Gasteiger partial charge in [-0.25, -0.2) is 15.1 Å². The fraction of sp³-hybridized carbons (Fsp3) is 0.200. The molecule has 23 heavy (non-hydrogen) atoms. The largest absolute Gasteiger partial charge is 0.327 e. The molecule has 8 nitrogen and oxygen atoms in total. The van der Waals surface area contributed by atoms with E-state index < -0.39 is 5.91 Å². The topological polar surface area (TPSA) is 97.9 Å². The average Bonchev–Trinajstić information content (AvgIpc) is 3.16. The summed E-state index contributed by atoms with van der Waals surface area (Å²) in [7, 11) is 0. The number of hydroxylamine groups is 1. The Hall–Kier alpha value is -3.00. The molecule has 0 unspecified atom stereocenters. The molecule has 2 aromatic heterocycles. The fourth-order valence-electron chi connectivity index (χ4n) is 2.41. The number of aryl methyl sites for hydroxylation is 1. The van der Waals surface area contributed by atoms with E-state index in [0.717, 1.165) is 23.4 Å². The van der Waals surface area contributed by atoms with Gasteiger partial charge < -0.3 is 4.57 Å². The Kier molecular flexibility index (Phi) is 4.15. The van der Waals surface area contributed by atoms with Gasteiger partial charge >= 0.3 is 0 Å². The van der Waals surface area contributed by atoms with Crippen LogP contribution in [0, 0.1) is 0 Å². The van der Waals surface area contributed by atoms with Crippen LogP contribution in [0.15, 0.2) is 36.5 Å². The standard InChI is InChI=1S/C15H16N6O2/c1-2-21-13-6-4-3-5-12(13)16-14(21)10-20-9-11(17-19-20)7-8-15(22)18-23/h3-9,23H,2,10H2,1H3,(H,18,22). The van der Waals surface area contributed by atoms with Gasteiger partial charge in [0.25, 0.3) is 5.91 Å². The lowest BCUT2D eigenvalue weighted by atomic mass is 10.3. The molecule has 0 spiro atoms. The molecule has 0 fully saturated rings. The van der Waals surface area contributed by atoms with E-state index in [9.17, 15) is 4.79 Å². The van der Waals surface area contributed by atoms with Crippen molar-refractivity contribution < 1.29 is 10.0 Å². The monoisotopic (exact) mass is 312 g/mol. The van der Waals surface area contributed by atoms with Crippen molar-refractivity contribution in [3.63, 3.8) is 0 Å². The van der Waals surface area contributed by atoms with Crippen molar-refractivity contribution in [1.82, 2.24) is 30.0 Å². The van der Waals surface area contributed by atoms with Gasteiger partial charge in [0.15, 0.2) is 0 Å². The molecule has 0 aliphatic heterocycles. The Morgan fingerprint density at radius 2 is 2.22 bits per heavy atom. The van der Waals surface area contributed by atoms with E-state index in [-0.39, 0.29) is 0 Å². The normalized spacial score (nSPS) is 11.4. The van der Waals surface area contributed by atoms with Gasteiger partial charge in [-0.15, -0.1) is 5.10 Å². The molecular formula is C15H16N6O2. The quantitative estimate of drug-likeness (QED) is 0.419. The first kappa shape index (κ1) is 14.9. The molecule has 0 saturated carbocycles. The number of hydrogen-bond acceptors (Lipinski definition) is 5. The summed E-state index contributed by atoms with van der Waals surface area (Å²) in [5.41, 5.74) is 4.07. The van der Waals surface area contributed by atoms with Crippen LogP contribution in [0.1, 0.15) is 18.4 Å². The molecule has 0 aliphatic rings. The Labute approximate surface area is 132 Å². The number of nitrogens with one attached hydrogen (secondary N) is 1. The molecule has 1 aromatic carbocycles. The molecule has 3 rings (SSSR count). The van der Waals surface area contributed by atoms with Gasteiger partial charge in [0.05, 0.1) is 17.2 Å². The number of imidazole rings is 1. The smallest absolute Gasteiger partial charge is 0.267 e. The molecule has 0 bridgehead atoms. The summed E-state index contributed by atoms with van der Waals surface area (Å²) in [5, 5.41) is 16.4. The molecule has 1 amide bonds. The zero-order valence-corrected chi connectivity index (χ0v) is 12.5.